The second-order valence-electron chi connectivity index (χ2n) is 7.37. The van der Waals surface area contributed by atoms with Crippen LogP contribution in [0.25, 0.3) is 6.08 Å². The van der Waals surface area contributed by atoms with Crippen LogP contribution in [-0.4, -0.2) is 25.5 Å². The van der Waals surface area contributed by atoms with E-state index in [1.165, 1.54) is 49.6 Å². The third-order valence-electron chi connectivity index (χ3n) is 4.68. The van der Waals surface area contributed by atoms with E-state index in [-0.39, 0.29) is 28.7 Å². The molecule has 0 bridgehead atoms. The van der Waals surface area contributed by atoms with Crippen LogP contribution in [0.4, 0.5) is 15.8 Å². The molecular weight excluding hydrogens is 473 g/mol. The zero-order valence-electron chi connectivity index (χ0n) is 18.9. The summed E-state index contributed by atoms with van der Waals surface area (Å²) in [4.78, 5) is 24.7. The smallest absolute Gasteiger partial charge is 0.266 e. The Bertz CT molecular complexity index is 1320. The van der Waals surface area contributed by atoms with E-state index in [0.29, 0.717) is 16.9 Å². The van der Waals surface area contributed by atoms with E-state index < -0.39 is 17.6 Å². The first kappa shape index (κ1) is 25.3. The molecule has 2 amide bonds. The van der Waals surface area contributed by atoms with E-state index >= 15 is 0 Å². The van der Waals surface area contributed by atoms with Crippen LogP contribution in [0.3, 0.4) is 0 Å². The lowest BCUT2D eigenvalue weighted by atomic mass is 10.1. The number of carbonyl (C=O) groups is 2. The van der Waals surface area contributed by atoms with Gasteiger partial charge in [0.2, 0.25) is 0 Å². The Balaban J connectivity index is 1.73. The minimum atomic E-state index is -0.578. The molecule has 0 aromatic heterocycles. The van der Waals surface area contributed by atoms with Crippen LogP contribution in [0, 0.1) is 24.1 Å². The molecule has 0 aliphatic rings. The van der Waals surface area contributed by atoms with Crippen LogP contribution in [0.1, 0.15) is 11.1 Å². The molecule has 3 aromatic carbocycles. The fraction of sp³-hybridized carbons (Fsp3) is 0.115. The normalized spacial score (nSPS) is 10.8. The average Bonchev–Trinajstić information content (AvgIpc) is 2.82. The van der Waals surface area contributed by atoms with Gasteiger partial charge in [-0.25, -0.2) is 4.39 Å². The molecule has 0 heterocycles. The predicted octanol–water partition coefficient (Wildman–Crippen LogP) is 5.36. The number of carbonyl (C=O) groups excluding carboxylic acids is 2. The number of anilines is 2. The summed E-state index contributed by atoms with van der Waals surface area (Å²) in [6, 6.07) is 17.4. The van der Waals surface area contributed by atoms with Gasteiger partial charge in [-0.05, 0) is 72.7 Å². The largest absolute Gasteiger partial charge is 0.493 e. The third-order valence-corrected chi connectivity index (χ3v) is 4.96. The van der Waals surface area contributed by atoms with Gasteiger partial charge >= 0.3 is 0 Å². The van der Waals surface area contributed by atoms with E-state index in [2.05, 4.69) is 10.6 Å². The first-order valence-electron chi connectivity index (χ1n) is 10.3. The average molecular weight is 494 g/mol. The molecule has 3 aromatic rings. The van der Waals surface area contributed by atoms with Crippen molar-refractivity contribution in [2.75, 3.05) is 24.4 Å². The number of benzene rings is 3. The molecule has 0 saturated carbocycles. The van der Waals surface area contributed by atoms with Crippen molar-refractivity contribution >= 4 is 40.9 Å². The van der Waals surface area contributed by atoms with E-state index in [1.807, 2.05) is 19.1 Å². The Kier molecular flexibility index (Phi) is 8.43. The molecule has 9 heteroatoms. The SMILES string of the molecule is COc1cc(C=C(C#N)C(=O)Nc2cccc(C)c2)cc(Cl)c1OCC(=O)Nc1ccc(F)cc1. The van der Waals surface area contributed by atoms with Gasteiger partial charge in [-0.3, -0.25) is 9.59 Å². The molecule has 0 aliphatic carbocycles. The second-order valence-corrected chi connectivity index (χ2v) is 7.78. The van der Waals surface area contributed by atoms with Crippen molar-refractivity contribution in [2.24, 2.45) is 0 Å². The molecule has 35 heavy (non-hydrogen) atoms. The van der Waals surface area contributed by atoms with Gasteiger partial charge in [0.15, 0.2) is 18.1 Å². The standard InChI is InChI=1S/C26H21ClFN3O4/c1-16-4-3-5-21(10-16)31-26(33)18(14-29)11-17-12-22(27)25(23(13-17)34-2)35-15-24(32)30-20-8-6-19(28)7-9-20/h3-13H,15H2,1-2H3,(H,30,32)(H,31,33). The van der Waals surface area contributed by atoms with Crippen LogP contribution >= 0.6 is 11.6 Å². The third kappa shape index (κ3) is 7.06. The number of nitrogens with zero attached hydrogens (tertiary/aromatic N) is 1. The Morgan fingerprint density at radius 3 is 2.49 bits per heavy atom. The first-order valence-corrected chi connectivity index (χ1v) is 10.7. The van der Waals surface area contributed by atoms with Gasteiger partial charge in [-0.2, -0.15) is 5.26 Å². The minimum absolute atomic E-state index is 0.113. The van der Waals surface area contributed by atoms with Gasteiger partial charge in [-0.15, -0.1) is 0 Å². The summed E-state index contributed by atoms with van der Waals surface area (Å²) in [6.07, 6.45) is 1.37. The molecular formula is C26H21ClFN3O4. The molecule has 2 N–H and O–H groups in total. The lowest BCUT2D eigenvalue weighted by Crippen LogP contribution is -2.20. The van der Waals surface area contributed by atoms with Crippen LogP contribution in [0.2, 0.25) is 5.02 Å². The van der Waals surface area contributed by atoms with E-state index in [1.54, 1.807) is 18.2 Å². The molecule has 178 valence electrons. The van der Waals surface area contributed by atoms with Crippen molar-refractivity contribution in [1.29, 1.82) is 5.26 Å². The minimum Gasteiger partial charge on any atom is -0.493 e. The molecule has 0 fully saturated rings. The number of methoxy groups -OCH3 is 1. The summed E-state index contributed by atoms with van der Waals surface area (Å²) >= 11 is 6.34. The Hall–Kier alpha value is -4.35. The summed E-state index contributed by atoms with van der Waals surface area (Å²) in [5.41, 5.74) is 2.22. The maximum absolute atomic E-state index is 13.0. The van der Waals surface area contributed by atoms with Gasteiger partial charge in [0.25, 0.3) is 11.8 Å². The maximum Gasteiger partial charge on any atom is 0.266 e. The van der Waals surface area contributed by atoms with Gasteiger partial charge in [0.1, 0.15) is 17.5 Å². The lowest BCUT2D eigenvalue weighted by molar-refractivity contribution is -0.118. The number of nitriles is 1. The molecule has 0 unspecified atom stereocenters. The Morgan fingerprint density at radius 1 is 1.09 bits per heavy atom. The number of halogens is 2. The van der Waals surface area contributed by atoms with Gasteiger partial charge < -0.3 is 20.1 Å². The molecule has 7 nitrogen and oxygen atoms in total. The van der Waals surface area contributed by atoms with Crippen molar-refractivity contribution in [3.8, 4) is 17.6 Å². The summed E-state index contributed by atoms with van der Waals surface area (Å²) in [5.74, 6) is -1.17. The molecule has 0 atom stereocenters. The monoisotopic (exact) mass is 493 g/mol. The molecule has 0 spiro atoms. The van der Waals surface area contributed by atoms with Gasteiger partial charge in [-0.1, -0.05) is 23.7 Å². The van der Waals surface area contributed by atoms with Crippen LogP contribution in [0.5, 0.6) is 11.5 Å². The molecule has 0 saturated heterocycles. The summed E-state index contributed by atoms with van der Waals surface area (Å²) in [7, 11) is 1.39. The van der Waals surface area contributed by atoms with E-state index in [0.717, 1.165) is 5.56 Å². The highest BCUT2D eigenvalue weighted by Crippen LogP contribution is 2.37. The Labute approximate surface area is 206 Å². The highest BCUT2D eigenvalue weighted by atomic mass is 35.5. The summed E-state index contributed by atoms with van der Waals surface area (Å²) in [6.45, 7) is 1.51. The highest BCUT2D eigenvalue weighted by molar-refractivity contribution is 6.32. The van der Waals surface area contributed by atoms with Crippen LogP contribution < -0.4 is 20.1 Å². The predicted molar refractivity (Wildman–Crippen MR) is 132 cm³/mol. The van der Waals surface area contributed by atoms with E-state index in [9.17, 15) is 19.2 Å². The Morgan fingerprint density at radius 2 is 1.83 bits per heavy atom. The fourth-order valence-corrected chi connectivity index (χ4v) is 3.34. The molecule has 0 radical (unpaired) electrons. The number of hydrogen-bond donors (Lipinski definition) is 2. The number of ether oxygens (including phenoxy) is 2. The van der Waals surface area contributed by atoms with Gasteiger partial charge in [0, 0.05) is 11.4 Å². The zero-order chi connectivity index (χ0) is 25.4. The number of rotatable bonds is 8. The molecule has 0 aliphatic heterocycles. The van der Waals surface area contributed by atoms with Crippen LogP contribution in [0.15, 0.2) is 66.2 Å². The van der Waals surface area contributed by atoms with E-state index in [4.69, 9.17) is 21.1 Å². The second kappa shape index (κ2) is 11.7. The highest BCUT2D eigenvalue weighted by Gasteiger charge is 2.16. The quantitative estimate of drug-likeness (QED) is 0.325. The molecule has 3 rings (SSSR count). The zero-order valence-corrected chi connectivity index (χ0v) is 19.7. The van der Waals surface area contributed by atoms with Crippen molar-refractivity contribution < 1.29 is 23.5 Å². The first-order chi connectivity index (χ1) is 16.8. The fourth-order valence-electron chi connectivity index (χ4n) is 3.07. The van der Waals surface area contributed by atoms with Crippen molar-refractivity contribution in [3.63, 3.8) is 0 Å². The number of hydrogen-bond acceptors (Lipinski definition) is 5. The topological polar surface area (TPSA) is 100 Å². The summed E-state index contributed by atoms with van der Waals surface area (Å²) in [5, 5.41) is 14.9. The summed E-state index contributed by atoms with van der Waals surface area (Å²) < 4.78 is 23.9. The lowest BCUT2D eigenvalue weighted by Gasteiger charge is -2.13. The van der Waals surface area contributed by atoms with Crippen LogP contribution in [-0.2, 0) is 9.59 Å². The van der Waals surface area contributed by atoms with Crippen molar-refractivity contribution in [2.45, 2.75) is 6.92 Å². The number of aryl methyl sites for hydroxylation is 1. The van der Waals surface area contributed by atoms with Gasteiger partial charge in [0.05, 0.1) is 12.1 Å². The van der Waals surface area contributed by atoms with Crippen molar-refractivity contribution in [1.82, 2.24) is 0 Å². The maximum atomic E-state index is 13.0. The number of nitrogens with one attached hydrogen (secondary N) is 2. The van der Waals surface area contributed by atoms with Crippen molar-refractivity contribution in [3.05, 3.63) is 88.2 Å². The number of amides is 2.